The molecule has 1 amide bonds. The number of piperidine rings is 1. The molecule has 0 bridgehead atoms. The van der Waals surface area contributed by atoms with Gasteiger partial charge in [-0.1, -0.05) is 18.5 Å². The van der Waals surface area contributed by atoms with E-state index < -0.39 is 11.5 Å². The zero-order valence-corrected chi connectivity index (χ0v) is 14.1. The average molecular weight is 331 g/mol. The molecule has 5 nitrogen and oxygen atoms in total. The van der Waals surface area contributed by atoms with Gasteiger partial charge < -0.3 is 4.90 Å². The maximum absolute atomic E-state index is 13.0. The molecule has 1 aliphatic rings. The lowest BCUT2D eigenvalue weighted by molar-refractivity contribution is -0.133. The number of carbonyl (C=O) groups excluding carboxylic acids is 1. The zero-order chi connectivity index (χ0) is 16.3. The molecule has 22 heavy (non-hydrogen) atoms. The lowest BCUT2D eigenvalue weighted by Gasteiger charge is -2.42. The predicted octanol–water partition coefficient (Wildman–Crippen LogP) is 2.19. The summed E-state index contributed by atoms with van der Waals surface area (Å²) in [6.45, 7) is 4.61. The van der Waals surface area contributed by atoms with E-state index in [1.54, 1.807) is 11.7 Å². The number of carbonyl (C=O) groups is 1. The molecule has 1 aliphatic heterocycles. The Bertz CT molecular complexity index is 507. The number of aromatic nitrogens is 2. The van der Waals surface area contributed by atoms with Gasteiger partial charge in [-0.05, 0) is 31.8 Å². The second kappa shape index (κ2) is 7.42. The number of likely N-dealkylation sites (tertiary alicyclic amines) is 1. The summed E-state index contributed by atoms with van der Waals surface area (Å²) in [7, 11) is 3.51. The Labute approximate surface area is 136 Å². The van der Waals surface area contributed by atoms with Crippen molar-refractivity contribution in [1.29, 1.82) is 0 Å². The molecule has 7 heteroatoms. The first-order valence-electron chi connectivity index (χ1n) is 7.69. The maximum atomic E-state index is 13.0. The molecule has 2 heterocycles. The molecule has 1 saturated heterocycles. The molecule has 0 N–H and O–H groups in total. The highest BCUT2D eigenvalue weighted by atomic mass is 35.5. The lowest BCUT2D eigenvalue weighted by atomic mass is 9.85. The van der Waals surface area contributed by atoms with Crippen LogP contribution in [0.3, 0.4) is 0 Å². The van der Waals surface area contributed by atoms with Crippen molar-refractivity contribution in [3.05, 3.63) is 18.0 Å². The normalized spacial score (nSPS) is 24.2. The van der Waals surface area contributed by atoms with Gasteiger partial charge in [0.25, 0.3) is 11.5 Å². The number of rotatable bonds is 5. The third kappa shape index (κ3) is 3.79. The third-order valence-corrected chi connectivity index (χ3v) is 4.59. The lowest BCUT2D eigenvalue weighted by Crippen LogP contribution is -2.44. The Hall–Kier alpha value is -1.14. The van der Waals surface area contributed by atoms with E-state index in [1.807, 2.05) is 19.4 Å². The number of nitrogens with zero attached hydrogens (tertiary/aromatic N) is 4. The van der Waals surface area contributed by atoms with Crippen LogP contribution in [0.5, 0.6) is 0 Å². The fourth-order valence-electron chi connectivity index (χ4n) is 3.38. The van der Waals surface area contributed by atoms with Crippen LogP contribution in [-0.4, -0.2) is 57.8 Å². The molecule has 1 aromatic rings. The Morgan fingerprint density at radius 3 is 2.91 bits per heavy atom. The summed E-state index contributed by atoms with van der Waals surface area (Å²) in [5, 5.41) is 4.27. The fourth-order valence-corrected chi connectivity index (χ4v) is 3.55. The SMILES string of the molecule is CCN1CCCC(CN(C)C(=O)C(F)Cl)C1c1cnn(C)c1. The van der Waals surface area contributed by atoms with Crippen LogP contribution in [0, 0.1) is 5.92 Å². The molecular formula is C15H24ClFN4O. The zero-order valence-electron chi connectivity index (χ0n) is 13.4. The van der Waals surface area contributed by atoms with Gasteiger partial charge in [0, 0.05) is 38.4 Å². The van der Waals surface area contributed by atoms with E-state index >= 15 is 0 Å². The smallest absolute Gasteiger partial charge is 0.272 e. The highest BCUT2D eigenvalue weighted by molar-refractivity contribution is 6.29. The molecule has 1 aromatic heterocycles. The van der Waals surface area contributed by atoms with Crippen LogP contribution in [0.2, 0.25) is 0 Å². The van der Waals surface area contributed by atoms with Crippen LogP contribution in [0.1, 0.15) is 31.4 Å². The van der Waals surface area contributed by atoms with Gasteiger partial charge in [-0.2, -0.15) is 5.10 Å². The minimum atomic E-state index is -1.97. The third-order valence-electron chi connectivity index (χ3n) is 4.40. The number of halogens is 2. The van der Waals surface area contributed by atoms with Crippen LogP contribution in [-0.2, 0) is 11.8 Å². The molecule has 2 rings (SSSR count). The van der Waals surface area contributed by atoms with Gasteiger partial charge in [0.2, 0.25) is 0 Å². The Kier molecular flexibility index (Phi) is 5.81. The van der Waals surface area contributed by atoms with Crippen molar-refractivity contribution < 1.29 is 9.18 Å². The molecule has 0 spiro atoms. The van der Waals surface area contributed by atoms with Crippen molar-refractivity contribution in [2.24, 2.45) is 13.0 Å². The summed E-state index contributed by atoms with van der Waals surface area (Å²) < 4.78 is 14.8. The topological polar surface area (TPSA) is 41.4 Å². The van der Waals surface area contributed by atoms with Gasteiger partial charge in [0.1, 0.15) is 0 Å². The highest BCUT2D eigenvalue weighted by Gasteiger charge is 2.34. The molecule has 1 fully saturated rings. The van der Waals surface area contributed by atoms with E-state index in [-0.39, 0.29) is 12.0 Å². The van der Waals surface area contributed by atoms with Gasteiger partial charge in [0.15, 0.2) is 0 Å². The standard InChI is InChI=1S/C15H24ClFN4O/c1-4-21-7-5-6-11(9-19(2)15(22)14(16)17)13(21)12-8-18-20(3)10-12/h8,10-11,13-14H,4-7,9H2,1-3H3. The van der Waals surface area contributed by atoms with Crippen molar-refractivity contribution in [1.82, 2.24) is 19.6 Å². The predicted molar refractivity (Wildman–Crippen MR) is 84.3 cm³/mol. The first-order valence-corrected chi connectivity index (χ1v) is 8.13. The molecule has 0 aliphatic carbocycles. The monoisotopic (exact) mass is 330 g/mol. The van der Waals surface area contributed by atoms with E-state index in [2.05, 4.69) is 16.9 Å². The van der Waals surface area contributed by atoms with Crippen LogP contribution in [0.25, 0.3) is 0 Å². The summed E-state index contributed by atoms with van der Waals surface area (Å²) in [4.78, 5) is 15.5. The summed E-state index contributed by atoms with van der Waals surface area (Å²) >= 11 is 5.27. The van der Waals surface area contributed by atoms with Gasteiger partial charge in [0.05, 0.1) is 6.20 Å². The second-order valence-electron chi connectivity index (χ2n) is 5.94. The van der Waals surface area contributed by atoms with Gasteiger partial charge in [-0.25, -0.2) is 4.39 Å². The summed E-state index contributed by atoms with van der Waals surface area (Å²) in [5.74, 6) is -0.414. The highest BCUT2D eigenvalue weighted by Crippen LogP contribution is 2.36. The summed E-state index contributed by atoms with van der Waals surface area (Å²) in [6.07, 6.45) is 5.99. The molecule has 0 saturated carbocycles. The largest absolute Gasteiger partial charge is 0.342 e. The number of hydrogen-bond donors (Lipinski definition) is 0. The second-order valence-corrected chi connectivity index (χ2v) is 6.33. The Morgan fingerprint density at radius 2 is 2.36 bits per heavy atom. The van der Waals surface area contributed by atoms with Gasteiger partial charge in [-0.3, -0.25) is 14.4 Å². The molecule has 0 radical (unpaired) electrons. The van der Waals surface area contributed by atoms with Crippen LogP contribution < -0.4 is 0 Å². The average Bonchev–Trinajstić information content (AvgIpc) is 2.92. The van der Waals surface area contributed by atoms with E-state index in [0.717, 1.165) is 31.5 Å². The summed E-state index contributed by atoms with van der Waals surface area (Å²) in [6, 6.07) is 0.205. The quantitative estimate of drug-likeness (QED) is 0.777. The molecule has 124 valence electrons. The number of amides is 1. The van der Waals surface area contributed by atoms with Crippen molar-refractivity contribution in [3.8, 4) is 0 Å². The molecule has 3 atom stereocenters. The van der Waals surface area contributed by atoms with Gasteiger partial charge in [-0.15, -0.1) is 0 Å². The number of aryl methyl sites for hydroxylation is 1. The molecular weight excluding hydrogens is 307 g/mol. The fraction of sp³-hybridized carbons (Fsp3) is 0.733. The van der Waals surface area contributed by atoms with E-state index in [0.29, 0.717) is 6.54 Å². The molecule has 3 unspecified atom stereocenters. The van der Waals surface area contributed by atoms with E-state index in [9.17, 15) is 9.18 Å². The van der Waals surface area contributed by atoms with E-state index in [1.165, 1.54) is 4.90 Å². The van der Waals surface area contributed by atoms with Crippen molar-refractivity contribution >= 4 is 17.5 Å². The number of hydrogen-bond acceptors (Lipinski definition) is 3. The summed E-state index contributed by atoms with van der Waals surface area (Å²) in [5.41, 5.74) is -0.815. The van der Waals surface area contributed by atoms with Crippen molar-refractivity contribution in [2.45, 2.75) is 31.4 Å². The van der Waals surface area contributed by atoms with Crippen molar-refractivity contribution in [2.75, 3.05) is 26.7 Å². The minimum absolute atomic E-state index is 0.205. The Morgan fingerprint density at radius 1 is 1.64 bits per heavy atom. The minimum Gasteiger partial charge on any atom is -0.342 e. The number of alkyl halides is 2. The first-order chi connectivity index (χ1) is 10.4. The van der Waals surface area contributed by atoms with Crippen LogP contribution >= 0.6 is 11.6 Å². The van der Waals surface area contributed by atoms with Crippen LogP contribution in [0.4, 0.5) is 4.39 Å². The van der Waals surface area contributed by atoms with E-state index in [4.69, 9.17) is 11.6 Å². The first kappa shape index (κ1) is 17.2. The maximum Gasteiger partial charge on any atom is 0.272 e. The van der Waals surface area contributed by atoms with Crippen LogP contribution in [0.15, 0.2) is 12.4 Å². The van der Waals surface area contributed by atoms with Gasteiger partial charge >= 0.3 is 0 Å². The Balaban J connectivity index is 2.17. The van der Waals surface area contributed by atoms with Crippen molar-refractivity contribution in [3.63, 3.8) is 0 Å². The molecule has 0 aromatic carbocycles.